The van der Waals surface area contributed by atoms with Gasteiger partial charge in [-0.3, -0.25) is 0 Å². The number of rotatable bonds is 3. The molecule has 0 radical (unpaired) electrons. The Labute approximate surface area is 117 Å². The molecule has 100 valence electrons. The maximum Gasteiger partial charge on any atom is 0.344 e. The summed E-state index contributed by atoms with van der Waals surface area (Å²) in [6, 6.07) is 4.26. The number of aryl methyl sites for hydroxylation is 1. The number of carbonyl (C=O) groups is 1. The van der Waals surface area contributed by atoms with Crippen LogP contribution in [0.1, 0.15) is 23.0 Å². The van der Waals surface area contributed by atoms with E-state index < -0.39 is 11.8 Å². The van der Waals surface area contributed by atoms with Crippen LogP contribution in [0, 0.1) is 12.7 Å². The second kappa shape index (κ2) is 5.52. The Morgan fingerprint density at radius 1 is 1.47 bits per heavy atom. The van der Waals surface area contributed by atoms with Crippen molar-refractivity contribution in [2.24, 2.45) is 0 Å². The molecule has 0 saturated heterocycles. The lowest BCUT2D eigenvalue weighted by molar-refractivity contribution is 0.0525. The molecule has 2 rings (SSSR count). The van der Waals surface area contributed by atoms with Gasteiger partial charge in [0.15, 0.2) is 0 Å². The van der Waals surface area contributed by atoms with Crippen LogP contribution in [-0.2, 0) is 4.74 Å². The van der Waals surface area contributed by atoms with Crippen molar-refractivity contribution in [3.8, 4) is 11.3 Å². The van der Waals surface area contributed by atoms with Gasteiger partial charge in [-0.15, -0.1) is 0 Å². The molecule has 2 aromatic rings. The van der Waals surface area contributed by atoms with Crippen LogP contribution in [-0.4, -0.2) is 17.7 Å². The van der Waals surface area contributed by atoms with Crippen LogP contribution in [0.5, 0.6) is 0 Å². The highest BCUT2D eigenvalue weighted by Gasteiger charge is 2.23. The normalized spacial score (nSPS) is 10.5. The minimum atomic E-state index is -0.531. The molecule has 0 unspecified atom stereocenters. The summed E-state index contributed by atoms with van der Waals surface area (Å²) in [5.41, 5.74) is 0.947. The van der Waals surface area contributed by atoms with Gasteiger partial charge in [0.1, 0.15) is 22.8 Å². The molecule has 1 aromatic heterocycles. The third-order valence-electron chi connectivity index (χ3n) is 2.48. The zero-order valence-electron chi connectivity index (χ0n) is 10.4. The number of ether oxygens (including phenoxy) is 1. The van der Waals surface area contributed by atoms with E-state index in [4.69, 9.17) is 9.26 Å². The summed E-state index contributed by atoms with van der Waals surface area (Å²) >= 11 is 3.19. The molecular formula is C13H11BrFNO3. The average Bonchev–Trinajstić information content (AvgIpc) is 2.70. The zero-order chi connectivity index (χ0) is 14.0. The number of carbonyl (C=O) groups excluding carboxylic acids is 1. The Morgan fingerprint density at radius 3 is 2.84 bits per heavy atom. The minimum absolute atomic E-state index is 0.222. The molecule has 1 aromatic carbocycles. The second-order valence-electron chi connectivity index (χ2n) is 3.84. The first kappa shape index (κ1) is 13.7. The van der Waals surface area contributed by atoms with Crippen molar-refractivity contribution in [3.05, 3.63) is 39.8 Å². The van der Waals surface area contributed by atoms with Gasteiger partial charge in [0, 0.05) is 10.0 Å². The van der Waals surface area contributed by atoms with Crippen LogP contribution in [0.4, 0.5) is 4.39 Å². The Hall–Kier alpha value is -1.69. The van der Waals surface area contributed by atoms with E-state index in [1.165, 1.54) is 12.1 Å². The molecule has 0 spiro atoms. The summed E-state index contributed by atoms with van der Waals surface area (Å²) in [7, 11) is 0. The van der Waals surface area contributed by atoms with Crippen molar-refractivity contribution in [1.29, 1.82) is 0 Å². The van der Waals surface area contributed by atoms with Gasteiger partial charge in [0.2, 0.25) is 0 Å². The summed E-state index contributed by atoms with van der Waals surface area (Å²) in [6.45, 7) is 3.56. The van der Waals surface area contributed by atoms with E-state index in [2.05, 4.69) is 21.1 Å². The lowest BCUT2D eigenvalue weighted by Crippen LogP contribution is -2.06. The zero-order valence-corrected chi connectivity index (χ0v) is 12.0. The fraction of sp³-hybridized carbons (Fsp3) is 0.231. The molecule has 0 saturated carbocycles. The van der Waals surface area contributed by atoms with Gasteiger partial charge in [0.25, 0.3) is 0 Å². The monoisotopic (exact) mass is 327 g/mol. The molecule has 0 amide bonds. The van der Waals surface area contributed by atoms with Crippen molar-refractivity contribution >= 4 is 21.9 Å². The molecule has 0 aliphatic carbocycles. The van der Waals surface area contributed by atoms with E-state index >= 15 is 0 Å². The summed E-state index contributed by atoms with van der Waals surface area (Å²) in [6.07, 6.45) is 0. The molecule has 0 aliphatic rings. The first-order valence-corrected chi connectivity index (χ1v) is 6.42. The van der Waals surface area contributed by atoms with Gasteiger partial charge in [-0.2, -0.15) is 0 Å². The number of halogens is 2. The minimum Gasteiger partial charge on any atom is -0.462 e. The third kappa shape index (κ3) is 2.84. The van der Waals surface area contributed by atoms with Crippen LogP contribution in [0.3, 0.4) is 0 Å². The van der Waals surface area contributed by atoms with E-state index in [1.54, 1.807) is 19.9 Å². The molecule has 6 heteroatoms. The van der Waals surface area contributed by atoms with E-state index in [-0.39, 0.29) is 17.9 Å². The Balaban J connectivity index is 2.53. The summed E-state index contributed by atoms with van der Waals surface area (Å²) in [4.78, 5) is 11.9. The molecule has 0 atom stereocenters. The highest BCUT2D eigenvalue weighted by molar-refractivity contribution is 9.10. The molecule has 0 N–H and O–H groups in total. The molecule has 0 aliphatic heterocycles. The van der Waals surface area contributed by atoms with E-state index in [0.29, 0.717) is 15.8 Å². The molecule has 1 heterocycles. The lowest BCUT2D eigenvalue weighted by Gasteiger charge is -2.03. The Kier molecular flexibility index (Phi) is 3.99. The first-order chi connectivity index (χ1) is 9.02. The van der Waals surface area contributed by atoms with Gasteiger partial charge in [-0.05, 0) is 32.0 Å². The summed E-state index contributed by atoms with van der Waals surface area (Å²) in [5, 5.41) is 3.81. The highest BCUT2D eigenvalue weighted by Crippen LogP contribution is 2.29. The van der Waals surface area contributed by atoms with E-state index in [9.17, 15) is 9.18 Å². The average molecular weight is 328 g/mol. The van der Waals surface area contributed by atoms with Crippen molar-refractivity contribution in [3.63, 3.8) is 0 Å². The number of benzene rings is 1. The molecule has 0 bridgehead atoms. The first-order valence-electron chi connectivity index (χ1n) is 5.62. The van der Waals surface area contributed by atoms with E-state index in [1.807, 2.05) is 0 Å². The van der Waals surface area contributed by atoms with Crippen LogP contribution in [0.2, 0.25) is 0 Å². The lowest BCUT2D eigenvalue weighted by atomic mass is 10.1. The number of hydrogen-bond acceptors (Lipinski definition) is 4. The fourth-order valence-electron chi connectivity index (χ4n) is 1.70. The highest BCUT2D eigenvalue weighted by atomic mass is 79.9. The smallest absolute Gasteiger partial charge is 0.344 e. The maximum atomic E-state index is 13.4. The van der Waals surface area contributed by atoms with Crippen molar-refractivity contribution < 1.29 is 18.4 Å². The van der Waals surface area contributed by atoms with Gasteiger partial charge < -0.3 is 9.26 Å². The van der Waals surface area contributed by atoms with Crippen LogP contribution >= 0.6 is 15.9 Å². The van der Waals surface area contributed by atoms with Gasteiger partial charge in [-0.25, -0.2) is 9.18 Å². The third-order valence-corrected chi connectivity index (χ3v) is 2.94. The molecule has 0 fully saturated rings. The van der Waals surface area contributed by atoms with Gasteiger partial charge >= 0.3 is 5.97 Å². The van der Waals surface area contributed by atoms with Crippen molar-refractivity contribution in [1.82, 2.24) is 5.16 Å². The van der Waals surface area contributed by atoms with Gasteiger partial charge in [0.05, 0.1) is 6.61 Å². The Bertz CT molecular complexity index is 604. The van der Waals surface area contributed by atoms with Crippen LogP contribution in [0.25, 0.3) is 11.3 Å². The van der Waals surface area contributed by atoms with Crippen molar-refractivity contribution in [2.75, 3.05) is 6.61 Å². The molecule has 19 heavy (non-hydrogen) atoms. The standard InChI is InChI=1S/C13H11BrFNO3/c1-3-18-13(17)11-7(2)19-16-12(11)8-4-9(14)6-10(15)5-8/h4-6H,3H2,1-2H3. The predicted molar refractivity (Wildman–Crippen MR) is 70.3 cm³/mol. The number of esters is 1. The summed E-state index contributed by atoms with van der Waals surface area (Å²) in [5.74, 6) is -0.620. The van der Waals surface area contributed by atoms with Gasteiger partial charge in [-0.1, -0.05) is 21.1 Å². The number of aromatic nitrogens is 1. The topological polar surface area (TPSA) is 52.3 Å². The second-order valence-corrected chi connectivity index (χ2v) is 4.76. The maximum absolute atomic E-state index is 13.4. The van der Waals surface area contributed by atoms with E-state index in [0.717, 1.165) is 0 Å². The molecular weight excluding hydrogens is 317 g/mol. The molecule has 4 nitrogen and oxygen atoms in total. The Morgan fingerprint density at radius 2 is 2.21 bits per heavy atom. The van der Waals surface area contributed by atoms with Crippen LogP contribution < -0.4 is 0 Å². The summed E-state index contributed by atoms with van der Waals surface area (Å²) < 4.78 is 23.9. The van der Waals surface area contributed by atoms with Crippen LogP contribution in [0.15, 0.2) is 27.2 Å². The fourth-order valence-corrected chi connectivity index (χ4v) is 2.17. The largest absolute Gasteiger partial charge is 0.462 e. The quantitative estimate of drug-likeness (QED) is 0.806. The SMILES string of the molecule is CCOC(=O)c1c(-c2cc(F)cc(Br)c2)noc1C. The predicted octanol–water partition coefficient (Wildman–Crippen LogP) is 3.73. The number of nitrogens with zero attached hydrogens (tertiary/aromatic N) is 1. The number of hydrogen-bond donors (Lipinski definition) is 0. The van der Waals surface area contributed by atoms with Crippen molar-refractivity contribution in [2.45, 2.75) is 13.8 Å².